The van der Waals surface area contributed by atoms with Crippen LogP contribution < -0.4 is 5.32 Å². The van der Waals surface area contributed by atoms with E-state index in [1.54, 1.807) is 0 Å². The molecule has 2 aromatic rings. The third kappa shape index (κ3) is 4.24. The van der Waals surface area contributed by atoms with Crippen molar-refractivity contribution < 1.29 is 0 Å². The summed E-state index contributed by atoms with van der Waals surface area (Å²) in [6.45, 7) is 6.47. The number of pyridine rings is 1. The molecule has 1 N–H and O–H groups in total. The van der Waals surface area contributed by atoms with Gasteiger partial charge in [-0.1, -0.05) is 23.8 Å². The van der Waals surface area contributed by atoms with E-state index in [-0.39, 0.29) is 0 Å². The van der Waals surface area contributed by atoms with Gasteiger partial charge in [0.05, 0.1) is 5.69 Å². The molecule has 1 aromatic heterocycles. The van der Waals surface area contributed by atoms with Crippen LogP contribution >= 0.6 is 10.0 Å². The van der Waals surface area contributed by atoms with Gasteiger partial charge < -0.3 is 5.32 Å². The van der Waals surface area contributed by atoms with Crippen molar-refractivity contribution in [3.63, 3.8) is 0 Å². The number of hydrogen-bond donors (Lipinski definition) is 1. The molecule has 2 nitrogen and oxygen atoms in total. The molecule has 1 aromatic carbocycles. The second kappa shape index (κ2) is 6.10. The minimum Gasteiger partial charge on any atom is -0.363 e. The molecule has 0 aliphatic carbocycles. The van der Waals surface area contributed by atoms with E-state index in [2.05, 4.69) is 69.1 Å². The summed E-state index contributed by atoms with van der Waals surface area (Å²) in [5.74, 6) is 1.96. The van der Waals surface area contributed by atoms with E-state index in [1.165, 1.54) is 22.3 Å². The number of nitrogens with zero attached hydrogens (tertiary/aromatic N) is 1. The Morgan fingerprint density at radius 1 is 1.00 bits per heavy atom. The second-order valence-electron chi connectivity index (χ2n) is 6.59. The number of benzene rings is 1. The Balaban J connectivity index is 2.34. The molecular weight excluding hydrogens is 276 g/mol. The van der Waals surface area contributed by atoms with Crippen LogP contribution in [-0.2, 0) is 0 Å². The summed E-state index contributed by atoms with van der Waals surface area (Å²) in [6.07, 6.45) is 6.91. The van der Waals surface area contributed by atoms with Crippen molar-refractivity contribution in [1.82, 2.24) is 4.98 Å². The van der Waals surface area contributed by atoms with Gasteiger partial charge >= 0.3 is 0 Å². The van der Waals surface area contributed by atoms with Crippen molar-refractivity contribution in [2.24, 2.45) is 0 Å². The normalized spacial score (nSPS) is 12.3. The SMILES string of the molecule is Cc1cc(C)c(-c2cccc(NCS(C)(C)C)n2)c(C)c1. The average molecular weight is 302 g/mol. The molecule has 0 radical (unpaired) electrons. The maximum absolute atomic E-state index is 4.80. The van der Waals surface area contributed by atoms with Crippen LogP contribution in [0.15, 0.2) is 30.3 Å². The molecule has 0 spiro atoms. The Morgan fingerprint density at radius 3 is 2.19 bits per heavy atom. The van der Waals surface area contributed by atoms with E-state index in [4.69, 9.17) is 4.98 Å². The number of nitrogens with one attached hydrogen (secondary N) is 1. The number of rotatable bonds is 4. The van der Waals surface area contributed by atoms with Gasteiger partial charge in [-0.3, -0.25) is 0 Å². The zero-order valence-corrected chi connectivity index (χ0v) is 14.8. The average Bonchev–Trinajstić information content (AvgIpc) is 2.35. The van der Waals surface area contributed by atoms with Crippen molar-refractivity contribution in [1.29, 1.82) is 0 Å². The molecule has 0 bridgehead atoms. The fourth-order valence-corrected chi connectivity index (χ4v) is 3.13. The van der Waals surface area contributed by atoms with Gasteiger partial charge in [0, 0.05) is 11.4 Å². The fourth-order valence-electron chi connectivity index (χ4n) is 2.55. The molecule has 114 valence electrons. The topological polar surface area (TPSA) is 24.9 Å². The molecule has 1 heterocycles. The number of anilines is 1. The highest BCUT2D eigenvalue weighted by molar-refractivity contribution is 8.32. The summed E-state index contributed by atoms with van der Waals surface area (Å²) in [6, 6.07) is 10.7. The minimum absolute atomic E-state index is 0.573. The highest BCUT2D eigenvalue weighted by Crippen LogP contribution is 2.34. The monoisotopic (exact) mass is 302 g/mol. The van der Waals surface area contributed by atoms with Crippen LogP contribution in [0.5, 0.6) is 0 Å². The Hall–Kier alpha value is -1.48. The van der Waals surface area contributed by atoms with Crippen molar-refractivity contribution >= 4 is 15.8 Å². The van der Waals surface area contributed by atoms with Crippen LogP contribution in [0.1, 0.15) is 16.7 Å². The summed E-state index contributed by atoms with van der Waals surface area (Å²) >= 11 is 0. The first-order valence-electron chi connectivity index (χ1n) is 7.21. The third-order valence-electron chi connectivity index (χ3n) is 3.37. The van der Waals surface area contributed by atoms with Crippen LogP contribution in [0.2, 0.25) is 0 Å². The molecule has 0 aliphatic heterocycles. The van der Waals surface area contributed by atoms with Gasteiger partial charge in [-0.15, -0.1) is 0 Å². The predicted octanol–water partition coefficient (Wildman–Crippen LogP) is 4.74. The minimum atomic E-state index is -0.573. The van der Waals surface area contributed by atoms with Crippen molar-refractivity contribution in [3.8, 4) is 11.3 Å². The van der Waals surface area contributed by atoms with Gasteiger partial charge in [0.25, 0.3) is 0 Å². The van der Waals surface area contributed by atoms with E-state index < -0.39 is 10.0 Å². The lowest BCUT2D eigenvalue weighted by Crippen LogP contribution is -2.10. The standard InChI is InChI=1S/C18H26N2S/c1-13-10-14(2)18(15(3)11-13)16-8-7-9-17(20-16)19-12-21(4,5)6/h7-11H,12H2,1-6H3,(H,19,20). The first-order chi connectivity index (χ1) is 9.76. The molecule has 0 fully saturated rings. The number of aryl methyl sites for hydroxylation is 3. The maximum atomic E-state index is 4.80. The van der Waals surface area contributed by atoms with Gasteiger partial charge in [-0.25, -0.2) is 15.0 Å². The first-order valence-corrected chi connectivity index (χ1v) is 10.2. The van der Waals surface area contributed by atoms with Crippen LogP contribution in [0.4, 0.5) is 5.82 Å². The highest BCUT2D eigenvalue weighted by Gasteiger charge is 2.09. The molecule has 21 heavy (non-hydrogen) atoms. The summed E-state index contributed by atoms with van der Waals surface area (Å²) < 4.78 is 0. The Kier molecular flexibility index (Phi) is 4.62. The van der Waals surface area contributed by atoms with Crippen molar-refractivity contribution in [2.75, 3.05) is 30.0 Å². The number of aromatic nitrogens is 1. The lowest BCUT2D eigenvalue weighted by molar-refractivity contribution is 1.24. The quantitative estimate of drug-likeness (QED) is 0.882. The second-order valence-corrected chi connectivity index (χ2v) is 11.1. The van der Waals surface area contributed by atoms with E-state index >= 15 is 0 Å². The third-order valence-corrected chi connectivity index (χ3v) is 4.38. The fraction of sp³-hybridized carbons (Fsp3) is 0.389. The van der Waals surface area contributed by atoms with Gasteiger partial charge in [-0.2, -0.15) is 0 Å². The molecule has 0 saturated carbocycles. The molecule has 0 aliphatic rings. The van der Waals surface area contributed by atoms with Gasteiger partial charge in [0.2, 0.25) is 0 Å². The maximum Gasteiger partial charge on any atom is 0.127 e. The molecule has 0 saturated heterocycles. The summed E-state index contributed by atoms with van der Waals surface area (Å²) in [7, 11) is -0.573. The molecule has 0 atom stereocenters. The molecule has 0 amide bonds. The summed E-state index contributed by atoms with van der Waals surface area (Å²) in [5, 5.41) is 3.47. The lowest BCUT2D eigenvalue weighted by Gasteiger charge is -2.25. The Labute approximate surface area is 130 Å². The largest absolute Gasteiger partial charge is 0.363 e. The molecular formula is C18H26N2S. The van der Waals surface area contributed by atoms with Crippen molar-refractivity contribution in [2.45, 2.75) is 20.8 Å². The van der Waals surface area contributed by atoms with Crippen LogP contribution in [0.25, 0.3) is 11.3 Å². The smallest absolute Gasteiger partial charge is 0.127 e. The highest BCUT2D eigenvalue weighted by atomic mass is 32.3. The van der Waals surface area contributed by atoms with E-state index in [0.29, 0.717) is 0 Å². The number of hydrogen-bond acceptors (Lipinski definition) is 2. The van der Waals surface area contributed by atoms with Gasteiger partial charge in [0.15, 0.2) is 0 Å². The zero-order chi connectivity index (χ0) is 15.6. The van der Waals surface area contributed by atoms with E-state index in [1.807, 2.05) is 6.07 Å². The lowest BCUT2D eigenvalue weighted by atomic mass is 9.97. The van der Waals surface area contributed by atoms with Crippen molar-refractivity contribution in [3.05, 3.63) is 47.0 Å². The van der Waals surface area contributed by atoms with Crippen LogP contribution in [-0.4, -0.2) is 29.6 Å². The summed E-state index contributed by atoms with van der Waals surface area (Å²) in [5.41, 5.74) is 6.20. The molecule has 0 unspecified atom stereocenters. The molecule has 3 heteroatoms. The van der Waals surface area contributed by atoms with E-state index in [9.17, 15) is 0 Å². The van der Waals surface area contributed by atoms with Crippen LogP contribution in [0, 0.1) is 20.8 Å². The van der Waals surface area contributed by atoms with E-state index in [0.717, 1.165) is 17.4 Å². The first kappa shape index (κ1) is 15.9. The summed E-state index contributed by atoms with van der Waals surface area (Å²) in [4.78, 5) is 4.80. The van der Waals surface area contributed by atoms with Gasteiger partial charge in [0.1, 0.15) is 5.82 Å². The zero-order valence-electron chi connectivity index (χ0n) is 13.9. The Bertz CT molecular complexity index is 619. The molecule has 2 rings (SSSR count). The van der Waals surface area contributed by atoms with Crippen LogP contribution in [0.3, 0.4) is 0 Å². The Morgan fingerprint density at radius 2 is 1.62 bits per heavy atom. The predicted molar refractivity (Wildman–Crippen MR) is 97.7 cm³/mol. The van der Waals surface area contributed by atoms with Gasteiger partial charge in [-0.05, 0) is 62.8 Å².